The monoisotopic (exact) mass is 410 g/mol. The van der Waals surface area contributed by atoms with E-state index in [-0.39, 0.29) is 11.8 Å². The molecule has 0 aliphatic carbocycles. The zero-order valence-corrected chi connectivity index (χ0v) is 15.5. The van der Waals surface area contributed by atoms with E-state index in [1.54, 1.807) is 29.2 Å². The molecule has 1 aromatic heterocycles. The van der Waals surface area contributed by atoms with Crippen LogP contribution in [0.1, 0.15) is 12.0 Å². The first kappa shape index (κ1) is 20.3. The molecule has 2 unspecified atom stereocenters. The highest BCUT2D eigenvalue weighted by molar-refractivity contribution is 7.89. The third kappa shape index (κ3) is 5.28. The van der Waals surface area contributed by atoms with E-state index in [1.165, 1.54) is 0 Å². The van der Waals surface area contributed by atoms with Crippen molar-refractivity contribution in [3.05, 3.63) is 48.2 Å². The quantitative estimate of drug-likeness (QED) is 0.581. The van der Waals surface area contributed by atoms with E-state index in [1.807, 2.05) is 0 Å². The number of nitriles is 1. The van der Waals surface area contributed by atoms with E-state index in [4.69, 9.17) is 10.00 Å². The molecular formula is C18H17F3N4O2S. The third-order valence-corrected chi connectivity index (χ3v) is 5.38. The van der Waals surface area contributed by atoms with Gasteiger partial charge in [-0.15, -0.1) is 4.72 Å². The second kappa shape index (κ2) is 8.68. The van der Waals surface area contributed by atoms with Crippen LogP contribution in [-0.2, 0) is 17.5 Å². The summed E-state index contributed by atoms with van der Waals surface area (Å²) in [6.07, 6.45) is -0.757. The number of aromatic nitrogens is 1. The molecule has 0 amide bonds. The Kier molecular flexibility index (Phi) is 6.28. The van der Waals surface area contributed by atoms with Gasteiger partial charge in [-0.1, -0.05) is 0 Å². The van der Waals surface area contributed by atoms with Crippen molar-refractivity contribution in [1.29, 1.82) is 5.26 Å². The summed E-state index contributed by atoms with van der Waals surface area (Å²) in [7, 11) is 0. The first-order chi connectivity index (χ1) is 13.3. The summed E-state index contributed by atoms with van der Waals surface area (Å²) in [5.41, 5.74) is -0.850. The van der Waals surface area contributed by atoms with Crippen LogP contribution in [0.4, 0.5) is 13.2 Å². The van der Waals surface area contributed by atoms with Crippen LogP contribution in [0, 0.1) is 17.4 Å². The summed E-state index contributed by atoms with van der Waals surface area (Å²) >= 11 is -1.41. The molecule has 2 heterocycles. The lowest BCUT2D eigenvalue weighted by Crippen LogP contribution is -2.30. The number of ether oxygens (including phenoxy) is 1. The lowest BCUT2D eigenvalue weighted by molar-refractivity contribution is -0.137. The predicted molar refractivity (Wildman–Crippen MR) is 95.5 cm³/mol. The number of nitrogens with one attached hydrogen (secondary N) is 1. The van der Waals surface area contributed by atoms with Crippen LogP contribution >= 0.6 is 0 Å². The molecule has 28 heavy (non-hydrogen) atoms. The fourth-order valence-corrected chi connectivity index (χ4v) is 3.66. The van der Waals surface area contributed by atoms with Gasteiger partial charge >= 0.3 is 6.18 Å². The minimum absolute atomic E-state index is 0.0308. The van der Waals surface area contributed by atoms with Gasteiger partial charge in [-0.2, -0.15) is 18.4 Å². The highest BCUT2D eigenvalue weighted by Gasteiger charge is 2.30. The average Bonchev–Trinajstić information content (AvgIpc) is 3.14. The average molecular weight is 410 g/mol. The molecule has 0 bridgehead atoms. The number of hydrogen-bond donors (Lipinski definition) is 1. The van der Waals surface area contributed by atoms with E-state index in [9.17, 15) is 17.7 Å². The molecule has 1 fully saturated rings. The van der Waals surface area contributed by atoms with Crippen molar-refractivity contribution in [2.45, 2.75) is 17.5 Å². The number of nitrogens with zero attached hydrogens (tertiary/aromatic N) is 3. The van der Waals surface area contributed by atoms with Gasteiger partial charge in [-0.05, 0) is 42.7 Å². The van der Waals surface area contributed by atoms with Gasteiger partial charge in [0.05, 0.1) is 16.9 Å². The van der Waals surface area contributed by atoms with E-state index >= 15 is 0 Å². The minimum Gasteiger partial charge on any atom is -0.593 e. The van der Waals surface area contributed by atoms with Crippen LogP contribution in [-0.4, -0.2) is 34.1 Å². The second-order valence-corrected chi connectivity index (χ2v) is 7.57. The van der Waals surface area contributed by atoms with E-state index in [0.717, 1.165) is 25.1 Å². The Morgan fingerprint density at radius 1 is 1.29 bits per heavy atom. The zero-order chi connectivity index (χ0) is 20.1. The summed E-state index contributed by atoms with van der Waals surface area (Å²) < 4.78 is 58.3. The van der Waals surface area contributed by atoms with E-state index < -0.39 is 23.1 Å². The van der Waals surface area contributed by atoms with Crippen LogP contribution < -0.4 is 9.46 Å². The van der Waals surface area contributed by atoms with Crippen molar-refractivity contribution in [2.75, 3.05) is 19.6 Å². The fourth-order valence-electron chi connectivity index (χ4n) is 2.73. The molecule has 0 spiro atoms. The highest BCUT2D eigenvalue weighted by Crippen LogP contribution is 2.30. The minimum atomic E-state index is -4.45. The number of likely N-dealkylation sites (tertiary alicyclic amines) is 1. The molecule has 2 aromatic rings. The first-order valence-electron chi connectivity index (χ1n) is 8.46. The summed E-state index contributed by atoms with van der Waals surface area (Å²) in [5, 5.41) is 8.85. The summed E-state index contributed by atoms with van der Waals surface area (Å²) in [6.45, 7) is 1.92. The second-order valence-electron chi connectivity index (χ2n) is 6.27. The van der Waals surface area contributed by atoms with Gasteiger partial charge in [0.1, 0.15) is 5.75 Å². The molecule has 1 N–H and O–H groups in total. The Labute approximate surface area is 163 Å². The smallest absolute Gasteiger partial charge is 0.417 e. The van der Waals surface area contributed by atoms with Gasteiger partial charge in [0, 0.05) is 31.9 Å². The Morgan fingerprint density at radius 3 is 2.61 bits per heavy atom. The zero-order valence-electron chi connectivity index (χ0n) is 14.6. The van der Waals surface area contributed by atoms with Crippen molar-refractivity contribution in [3.8, 4) is 17.8 Å². The molecule has 1 aromatic carbocycles. The maximum atomic E-state index is 12.5. The van der Waals surface area contributed by atoms with Crippen molar-refractivity contribution < 1.29 is 22.5 Å². The Balaban J connectivity index is 1.52. The summed E-state index contributed by atoms with van der Waals surface area (Å²) in [5.74, 6) is 0.675. The number of hydrogen-bond acceptors (Lipinski definition) is 6. The molecule has 2 atom stereocenters. The lowest BCUT2D eigenvalue weighted by Gasteiger charge is -2.14. The Bertz CT molecular complexity index is 825. The fraction of sp³-hybridized carbons (Fsp3) is 0.333. The number of halogens is 3. The van der Waals surface area contributed by atoms with Crippen LogP contribution in [0.25, 0.3) is 0 Å². The molecule has 6 nitrogen and oxygen atoms in total. The van der Waals surface area contributed by atoms with Gasteiger partial charge < -0.3 is 14.2 Å². The molecule has 1 saturated heterocycles. The lowest BCUT2D eigenvalue weighted by atomic mass is 10.1. The van der Waals surface area contributed by atoms with Gasteiger partial charge in [-0.25, -0.2) is 4.98 Å². The summed E-state index contributed by atoms with van der Waals surface area (Å²) in [4.78, 5) is 5.86. The summed E-state index contributed by atoms with van der Waals surface area (Å²) in [6, 6.07) is 8.40. The number of pyridine rings is 1. The normalized spacial score (nSPS) is 18.0. The predicted octanol–water partition coefficient (Wildman–Crippen LogP) is 3.31. The largest absolute Gasteiger partial charge is 0.593 e. The van der Waals surface area contributed by atoms with Crippen LogP contribution in [0.3, 0.4) is 0 Å². The van der Waals surface area contributed by atoms with E-state index in [0.29, 0.717) is 29.9 Å². The molecule has 148 valence electrons. The van der Waals surface area contributed by atoms with Gasteiger partial charge in [-0.3, -0.25) is 0 Å². The molecule has 1 aliphatic heterocycles. The molecule has 1 aliphatic rings. The van der Waals surface area contributed by atoms with Gasteiger partial charge in [0.25, 0.3) is 0 Å². The SMILES string of the molecule is N#CN1CCC(CN[S+]([O-])c2ccc(Oc3ccc(C(F)(F)F)cn3)cc2)C1. The van der Waals surface area contributed by atoms with Gasteiger partial charge in [0.15, 0.2) is 11.1 Å². The van der Waals surface area contributed by atoms with Crippen LogP contribution in [0.5, 0.6) is 11.6 Å². The molecule has 3 rings (SSSR count). The Morgan fingerprint density at radius 2 is 2.04 bits per heavy atom. The van der Waals surface area contributed by atoms with E-state index in [2.05, 4.69) is 15.9 Å². The highest BCUT2D eigenvalue weighted by atomic mass is 32.2. The Hall–Kier alpha value is -2.48. The molecular weight excluding hydrogens is 393 g/mol. The topological polar surface area (TPSA) is 84.2 Å². The van der Waals surface area contributed by atoms with Gasteiger partial charge in [0.2, 0.25) is 5.88 Å². The molecule has 0 radical (unpaired) electrons. The maximum Gasteiger partial charge on any atom is 0.417 e. The van der Waals surface area contributed by atoms with Crippen molar-refractivity contribution in [2.24, 2.45) is 5.92 Å². The number of benzene rings is 1. The molecule has 10 heteroatoms. The van der Waals surface area contributed by atoms with Crippen LogP contribution in [0.2, 0.25) is 0 Å². The molecule has 0 saturated carbocycles. The third-order valence-electron chi connectivity index (χ3n) is 4.25. The number of alkyl halides is 3. The van der Waals surface area contributed by atoms with Crippen molar-refractivity contribution in [1.82, 2.24) is 14.6 Å². The van der Waals surface area contributed by atoms with Crippen molar-refractivity contribution >= 4 is 11.4 Å². The van der Waals surface area contributed by atoms with Crippen LogP contribution in [0.15, 0.2) is 47.5 Å². The first-order valence-corrected chi connectivity index (χ1v) is 9.61. The standard InChI is InChI=1S/C18H17F3N4O2S/c19-18(20,21)14-1-6-17(23-10-14)27-15-2-4-16(5-3-15)28(26)24-9-13-7-8-25(11-13)12-22/h1-6,10,13,24H,7-9,11H2. The van der Waals surface area contributed by atoms with Crippen molar-refractivity contribution in [3.63, 3.8) is 0 Å². The maximum absolute atomic E-state index is 12.5. The number of rotatable bonds is 6.